The minimum atomic E-state index is -1.31. The fourth-order valence-corrected chi connectivity index (χ4v) is 5.78. The molecule has 3 amide bonds. The van der Waals surface area contributed by atoms with Crippen molar-refractivity contribution in [2.45, 2.75) is 31.8 Å². The predicted octanol–water partition coefficient (Wildman–Crippen LogP) is 1.62. The molecule has 2 saturated heterocycles. The number of methoxy groups -OCH3 is 1. The maximum atomic E-state index is 13.6. The Morgan fingerprint density at radius 2 is 1.82 bits per heavy atom. The quantitative estimate of drug-likeness (QED) is 0.599. The van der Waals surface area contributed by atoms with Crippen LogP contribution in [0.5, 0.6) is 5.75 Å². The summed E-state index contributed by atoms with van der Waals surface area (Å²) in [6, 6.07) is 10.3. The minimum absolute atomic E-state index is 0.153. The molecule has 4 atom stereocenters. The Morgan fingerprint density at radius 1 is 1.09 bits per heavy atom. The maximum absolute atomic E-state index is 13.6. The standard InChI is InChI=1S/C25H27N3O5/c1-13-10-14(2)21-17(11-13)25(24(32)26-21)20-19(22(30)28(23(20)31)8-9-33-3)18(27-25)12-15-4-6-16(29)7-5-15/h4-7,10-11,18-20,27,29H,8-9,12H2,1-3H3,(H,26,32)/t18-,19+,20-,25-/m0/s1. The number of fused-ring (bicyclic) bond motifs is 4. The average Bonchev–Trinajstić information content (AvgIpc) is 3.34. The van der Waals surface area contributed by atoms with Crippen LogP contribution >= 0.6 is 0 Å². The molecule has 2 fully saturated rings. The van der Waals surface area contributed by atoms with Gasteiger partial charge in [-0.2, -0.15) is 0 Å². The Kier molecular flexibility index (Phi) is 5.02. The highest BCUT2D eigenvalue weighted by atomic mass is 16.5. The number of carbonyl (C=O) groups is 3. The van der Waals surface area contributed by atoms with Crippen molar-refractivity contribution >= 4 is 23.4 Å². The van der Waals surface area contributed by atoms with Crippen LogP contribution in [0.1, 0.15) is 22.3 Å². The molecule has 33 heavy (non-hydrogen) atoms. The molecule has 0 saturated carbocycles. The number of aryl methyl sites for hydroxylation is 2. The van der Waals surface area contributed by atoms with Crippen molar-refractivity contribution in [3.8, 4) is 5.75 Å². The molecule has 0 radical (unpaired) electrons. The van der Waals surface area contributed by atoms with Crippen LogP contribution in [0.4, 0.5) is 5.69 Å². The number of hydrogen-bond acceptors (Lipinski definition) is 6. The summed E-state index contributed by atoms with van der Waals surface area (Å²) in [6.07, 6.45) is 0.438. The molecule has 3 aliphatic rings. The largest absolute Gasteiger partial charge is 0.508 e. The zero-order chi connectivity index (χ0) is 23.5. The fraction of sp³-hybridized carbons (Fsp3) is 0.400. The molecule has 2 aromatic rings. The third-order valence-electron chi connectivity index (χ3n) is 7.17. The van der Waals surface area contributed by atoms with Gasteiger partial charge >= 0.3 is 0 Å². The molecule has 0 bridgehead atoms. The van der Waals surface area contributed by atoms with Crippen LogP contribution in [0.15, 0.2) is 36.4 Å². The molecule has 8 nitrogen and oxygen atoms in total. The van der Waals surface area contributed by atoms with Crippen molar-refractivity contribution in [3.63, 3.8) is 0 Å². The number of hydrogen-bond donors (Lipinski definition) is 3. The molecule has 8 heteroatoms. The average molecular weight is 450 g/mol. The smallest absolute Gasteiger partial charge is 0.250 e. The molecule has 3 N–H and O–H groups in total. The van der Waals surface area contributed by atoms with Crippen LogP contribution < -0.4 is 10.6 Å². The summed E-state index contributed by atoms with van der Waals surface area (Å²) in [4.78, 5) is 41.9. The Hall–Kier alpha value is -3.23. The zero-order valence-corrected chi connectivity index (χ0v) is 18.8. The van der Waals surface area contributed by atoms with Gasteiger partial charge in [-0.15, -0.1) is 0 Å². The van der Waals surface area contributed by atoms with E-state index in [2.05, 4.69) is 10.6 Å². The van der Waals surface area contributed by atoms with Crippen molar-refractivity contribution < 1.29 is 24.2 Å². The van der Waals surface area contributed by atoms with Crippen LogP contribution in [-0.2, 0) is 31.1 Å². The monoisotopic (exact) mass is 449 g/mol. The van der Waals surface area contributed by atoms with Crippen molar-refractivity contribution in [3.05, 3.63) is 58.7 Å². The molecule has 3 heterocycles. The molecular formula is C25H27N3O5. The first kappa shape index (κ1) is 21.6. The van der Waals surface area contributed by atoms with E-state index in [-0.39, 0.29) is 36.6 Å². The highest BCUT2D eigenvalue weighted by Crippen LogP contribution is 2.54. The van der Waals surface area contributed by atoms with Gasteiger partial charge in [0.25, 0.3) is 0 Å². The van der Waals surface area contributed by atoms with E-state index in [0.29, 0.717) is 12.1 Å². The molecule has 172 valence electrons. The van der Waals surface area contributed by atoms with E-state index in [0.717, 1.165) is 22.3 Å². The Bertz CT molecular complexity index is 1160. The van der Waals surface area contributed by atoms with Gasteiger partial charge in [0.1, 0.15) is 11.3 Å². The van der Waals surface area contributed by atoms with Gasteiger partial charge in [-0.3, -0.25) is 24.6 Å². The second-order valence-corrected chi connectivity index (χ2v) is 9.21. The highest BCUT2D eigenvalue weighted by molar-refractivity contribution is 6.15. The predicted molar refractivity (Wildman–Crippen MR) is 121 cm³/mol. The molecule has 5 rings (SSSR count). The highest BCUT2D eigenvalue weighted by Gasteiger charge is 2.70. The van der Waals surface area contributed by atoms with E-state index in [1.165, 1.54) is 12.0 Å². The van der Waals surface area contributed by atoms with E-state index >= 15 is 0 Å². The summed E-state index contributed by atoms with van der Waals surface area (Å²) in [5.41, 5.74) is 2.92. The number of rotatable bonds is 5. The lowest BCUT2D eigenvalue weighted by atomic mass is 9.75. The Balaban J connectivity index is 1.63. The van der Waals surface area contributed by atoms with Gasteiger partial charge in [-0.1, -0.05) is 29.8 Å². The van der Waals surface area contributed by atoms with Crippen LogP contribution in [-0.4, -0.2) is 54.0 Å². The summed E-state index contributed by atoms with van der Waals surface area (Å²) >= 11 is 0. The number of phenols is 1. The number of aromatic hydroxyl groups is 1. The molecule has 2 aromatic carbocycles. The SMILES string of the molecule is COCCN1C(=O)[C@@H]2[C@H](Cc3ccc(O)cc3)N[C@]3(C(=O)Nc4c(C)cc(C)cc43)[C@@H]2C1=O. The van der Waals surface area contributed by atoms with Crippen molar-refractivity contribution in [2.75, 3.05) is 25.6 Å². The van der Waals surface area contributed by atoms with Gasteiger partial charge in [0.15, 0.2) is 0 Å². The maximum Gasteiger partial charge on any atom is 0.250 e. The second kappa shape index (κ2) is 7.67. The minimum Gasteiger partial charge on any atom is -0.508 e. The van der Waals surface area contributed by atoms with Gasteiger partial charge in [0.05, 0.1) is 25.0 Å². The van der Waals surface area contributed by atoms with Gasteiger partial charge in [0.2, 0.25) is 17.7 Å². The molecule has 1 spiro atoms. The number of ether oxygens (including phenoxy) is 1. The van der Waals surface area contributed by atoms with E-state index in [1.807, 2.05) is 26.0 Å². The summed E-state index contributed by atoms with van der Waals surface area (Å²) in [6.45, 7) is 4.28. The third-order valence-corrected chi connectivity index (χ3v) is 7.17. The second-order valence-electron chi connectivity index (χ2n) is 9.21. The first-order valence-corrected chi connectivity index (χ1v) is 11.1. The topological polar surface area (TPSA) is 108 Å². The lowest BCUT2D eigenvalue weighted by Gasteiger charge is -2.30. The zero-order valence-electron chi connectivity index (χ0n) is 18.8. The third kappa shape index (κ3) is 3.08. The number of likely N-dealkylation sites (tertiary alicyclic amines) is 1. The molecule has 0 unspecified atom stereocenters. The van der Waals surface area contributed by atoms with E-state index < -0.39 is 23.4 Å². The number of carbonyl (C=O) groups excluding carboxylic acids is 3. The summed E-state index contributed by atoms with van der Waals surface area (Å²) in [7, 11) is 1.52. The van der Waals surface area contributed by atoms with E-state index in [9.17, 15) is 19.5 Å². The van der Waals surface area contributed by atoms with E-state index in [4.69, 9.17) is 4.74 Å². The normalized spacial score (nSPS) is 27.9. The summed E-state index contributed by atoms with van der Waals surface area (Å²) < 4.78 is 5.12. The number of nitrogens with one attached hydrogen (secondary N) is 2. The molecular weight excluding hydrogens is 422 g/mol. The number of anilines is 1. The van der Waals surface area contributed by atoms with Crippen molar-refractivity contribution in [1.29, 1.82) is 0 Å². The van der Waals surface area contributed by atoms with Gasteiger partial charge in [0, 0.05) is 24.4 Å². The first-order chi connectivity index (χ1) is 15.8. The first-order valence-electron chi connectivity index (χ1n) is 11.1. The lowest BCUT2D eigenvalue weighted by molar-refractivity contribution is -0.143. The number of phenolic OH excluding ortho intramolecular Hbond substituents is 1. The van der Waals surface area contributed by atoms with Crippen LogP contribution in [0.3, 0.4) is 0 Å². The van der Waals surface area contributed by atoms with Crippen LogP contribution in [0, 0.1) is 25.7 Å². The van der Waals surface area contributed by atoms with Gasteiger partial charge < -0.3 is 15.2 Å². The van der Waals surface area contributed by atoms with Crippen LogP contribution in [0.2, 0.25) is 0 Å². The van der Waals surface area contributed by atoms with Gasteiger partial charge in [-0.05, 0) is 43.5 Å². The summed E-state index contributed by atoms with van der Waals surface area (Å²) in [5, 5.41) is 16.1. The van der Waals surface area contributed by atoms with Crippen molar-refractivity contribution in [1.82, 2.24) is 10.2 Å². The number of imide groups is 1. The van der Waals surface area contributed by atoms with Crippen LogP contribution in [0.25, 0.3) is 0 Å². The summed E-state index contributed by atoms with van der Waals surface area (Å²) in [5.74, 6) is -2.29. The number of benzene rings is 2. The van der Waals surface area contributed by atoms with Gasteiger partial charge in [-0.25, -0.2) is 0 Å². The van der Waals surface area contributed by atoms with Crippen molar-refractivity contribution in [2.24, 2.45) is 11.8 Å². The molecule has 3 aliphatic heterocycles. The lowest BCUT2D eigenvalue weighted by Crippen LogP contribution is -2.53. The molecule has 0 aromatic heterocycles. The fourth-order valence-electron chi connectivity index (χ4n) is 5.78. The Morgan fingerprint density at radius 3 is 2.52 bits per heavy atom. The van der Waals surface area contributed by atoms with E-state index in [1.54, 1.807) is 24.3 Å². The number of nitrogens with zero attached hydrogens (tertiary/aromatic N) is 1. The Labute approximate surface area is 191 Å². The number of amides is 3. The molecule has 0 aliphatic carbocycles.